The lowest BCUT2D eigenvalue weighted by molar-refractivity contribution is -0.137. The van der Waals surface area contributed by atoms with Crippen LogP contribution in [0.2, 0.25) is 0 Å². The molecule has 0 amide bonds. The number of ether oxygens (including phenoxy) is 1. The Labute approximate surface area is 92.8 Å². The van der Waals surface area contributed by atoms with Crippen LogP contribution >= 0.6 is 0 Å². The van der Waals surface area contributed by atoms with E-state index in [-0.39, 0.29) is 6.42 Å². The number of carbonyl (C=O) groups excluding carboxylic acids is 1. The summed E-state index contributed by atoms with van der Waals surface area (Å²) in [5.74, 6) is -1.44. The average molecular weight is 223 g/mol. The summed E-state index contributed by atoms with van der Waals surface area (Å²) in [6.45, 7) is 0. The average Bonchev–Trinajstić information content (AvgIpc) is 2.27. The van der Waals surface area contributed by atoms with E-state index in [2.05, 4.69) is 4.74 Å². The molecule has 0 aliphatic heterocycles. The third-order valence-electron chi connectivity index (χ3n) is 2.13. The van der Waals surface area contributed by atoms with E-state index in [4.69, 9.17) is 10.8 Å². The van der Waals surface area contributed by atoms with E-state index in [1.807, 2.05) is 0 Å². The third-order valence-corrected chi connectivity index (χ3v) is 2.13. The summed E-state index contributed by atoms with van der Waals surface area (Å²) in [7, 11) is 1.28. The van der Waals surface area contributed by atoms with Crippen molar-refractivity contribution < 1.29 is 19.4 Å². The van der Waals surface area contributed by atoms with Gasteiger partial charge in [-0.15, -0.1) is 0 Å². The molecule has 0 spiro atoms. The fourth-order valence-corrected chi connectivity index (χ4v) is 1.32. The van der Waals surface area contributed by atoms with Gasteiger partial charge in [0.25, 0.3) is 0 Å². The number of aliphatic carboxylic acids is 1. The minimum absolute atomic E-state index is 0.176. The first-order valence-electron chi connectivity index (χ1n) is 4.70. The van der Waals surface area contributed by atoms with Crippen LogP contribution in [0.15, 0.2) is 24.3 Å². The van der Waals surface area contributed by atoms with Gasteiger partial charge >= 0.3 is 11.9 Å². The van der Waals surface area contributed by atoms with Crippen LogP contribution in [-0.2, 0) is 9.53 Å². The Morgan fingerprint density at radius 2 is 2.19 bits per heavy atom. The first-order valence-corrected chi connectivity index (χ1v) is 4.70. The molecule has 0 radical (unpaired) electrons. The van der Waals surface area contributed by atoms with Gasteiger partial charge in [-0.3, -0.25) is 4.79 Å². The number of methoxy groups -OCH3 is 1. The van der Waals surface area contributed by atoms with Gasteiger partial charge < -0.3 is 15.6 Å². The molecule has 1 aromatic carbocycles. The van der Waals surface area contributed by atoms with E-state index in [1.54, 1.807) is 24.3 Å². The molecule has 3 N–H and O–H groups in total. The highest BCUT2D eigenvalue weighted by molar-refractivity contribution is 5.89. The standard InChI is InChI=1S/C11H13NO4/c1-16-11(15)8-4-2-3-7(5-8)9(12)6-10(13)14/h2-5,9H,6,12H2,1H3,(H,13,14)/t9-/m0/s1. The summed E-state index contributed by atoms with van der Waals surface area (Å²) in [6.07, 6.45) is -0.176. The number of hydrogen-bond donors (Lipinski definition) is 2. The van der Waals surface area contributed by atoms with Crippen LogP contribution in [0.5, 0.6) is 0 Å². The van der Waals surface area contributed by atoms with Crippen molar-refractivity contribution in [1.29, 1.82) is 0 Å². The zero-order valence-electron chi connectivity index (χ0n) is 8.84. The summed E-state index contributed by atoms with van der Waals surface area (Å²) in [6, 6.07) is 5.83. The van der Waals surface area contributed by atoms with E-state index in [0.29, 0.717) is 11.1 Å². The Morgan fingerprint density at radius 1 is 1.50 bits per heavy atom. The fraction of sp³-hybridized carbons (Fsp3) is 0.273. The molecule has 1 aromatic rings. The molecule has 5 nitrogen and oxygen atoms in total. The van der Waals surface area contributed by atoms with Crippen molar-refractivity contribution >= 4 is 11.9 Å². The number of carboxylic acid groups (broad SMARTS) is 1. The van der Waals surface area contributed by atoms with Crippen LogP contribution in [0, 0.1) is 0 Å². The number of benzene rings is 1. The SMILES string of the molecule is COC(=O)c1cccc([C@@H](N)CC(=O)O)c1. The van der Waals surface area contributed by atoms with Gasteiger partial charge in [-0.2, -0.15) is 0 Å². The lowest BCUT2D eigenvalue weighted by atomic mass is 10.0. The molecule has 1 rings (SSSR count). The van der Waals surface area contributed by atoms with Crippen LogP contribution in [0.25, 0.3) is 0 Å². The molecule has 1 atom stereocenters. The predicted molar refractivity (Wildman–Crippen MR) is 57.0 cm³/mol. The van der Waals surface area contributed by atoms with Crippen molar-refractivity contribution in [3.63, 3.8) is 0 Å². The predicted octanol–water partition coefficient (Wildman–Crippen LogP) is 0.948. The summed E-state index contributed by atoms with van der Waals surface area (Å²) in [4.78, 5) is 21.7. The van der Waals surface area contributed by atoms with Crippen LogP contribution in [-0.4, -0.2) is 24.2 Å². The number of hydrogen-bond acceptors (Lipinski definition) is 4. The Morgan fingerprint density at radius 3 is 2.75 bits per heavy atom. The molecule has 0 saturated carbocycles. The molecule has 0 aliphatic rings. The second-order valence-corrected chi connectivity index (χ2v) is 3.32. The number of carboxylic acids is 1. The smallest absolute Gasteiger partial charge is 0.337 e. The molecule has 86 valence electrons. The number of nitrogens with two attached hydrogens (primary N) is 1. The van der Waals surface area contributed by atoms with Crippen molar-refractivity contribution in [2.24, 2.45) is 5.73 Å². The minimum Gasteiger partial charge on any atom is -0.481 e. The van der Waals surface area contributed by atoms with Crippen molar-refractivity contribution in [3.8, 4) is 0 Å². The van der Waals surface area contributed by atoms with Crippen LogP contribution < -0.4 is 5.73 Å². The third kappa shape index (κ3) is 3.06. The van der Waals surface area contributed by atoms with E-state index >= 15 is 0 Å². The van der Waals surface area contributed by atoms with Gasteiger partial charge in [-0.05, 0) is 17.7 Å². The van der Waals surface area contributed by atoms with E-state index in [1.165, 1.54) is 7.11 Å². The van der Waals surface area contributed by atoms with Crippen molar-refractivity contribution in [3.05, 3.63) is 35.4 Å². The largest absolute Gasteiger partial charge is 0.481 e. The van der Waals surface area contributed by atoms with E-state index in [9.17, 15) is 9.59 Å². The van der Waals surface area contributed by atoms with Gasteiger partial charge in [0.15, 0.2) is 0 Å². The Balaban J connectivity index is 2.89. The van der Waals surface area contributed by atoms with Gasteiger partial charge in [0.05, 0.1) is 19.1 Å². The molecular formula is C11H13NO4. The maximum Gasteiger partial charge on any atom is 0.337 e. The quantitative estimate of drug-likeness (QED) is 0.741. The van der Waals surface area contributed by atoms with Crippen molar-refractivity contribution in [2.75, 3.05) is 7.11 Å². The summed E-state index contributed by atoms with van der Waals surface area (Å²) >= 11 is 0. The Kier molecular flexibility index (Phi) is 4.02. The molecular weight excluding hydrogens is 210 g/mol. The lowest BCUT2D eigenvalue weighted by Crippen LogP contribution is -2.15. The Bertz CT molecular complexity index is 403. The molecule has 0 aliphatic carbocycles. The van der Waals surface area contributed by atoms with Crippen LogP contribution in [0.3, 0.4) is 0 Å². The van der Waals surface area contributed by atoms with E-state index in [0.717, 1.165) is 0 Å². The van der Waals surface area contributed by atoms with E-state index < -0.39 is 18.0 Å². The molecule has 0 unspecified atom stereocenters. The minimum atomic E-state index is -0.976. The zero-order valence-corrected chi connectivity index (χ0v) is 8.84. The summed E-state index contributed by atoms with van der Waals surface area (Å²) in [5, 5.41) is 8.60. The molecule has 0 bridgehead atoms. The highest BCUT2D eigenvalue weighted by Crippen LogP contribution is 2.16. The number of rotatable bonds is 4. The highest BCUT2D eigenvalue weighted by Gasteiger charge is 2.13. The topological polar surface area (TPSA) is 89.6 Å². The number of esters is 1. The van der Waals surface area contributed by atoms with Crippen molar-refractivity contribution in [2.45, 2.75) is 12.5 Å². The molecule has 0 heterocycles. The normalized spacial score (nSPS) is 11.9. The van der Waals surface area contributed by atoms with Gasteiger partial charge in [-0.1, -0.05) is 12.1 Å². The maximum absolute atomic E-state index is 11.2. The van der Waals surface area contributed by atoms with Crippen LogP contribution in [0.4, 0.5) is 0 Å². The van der Waals surface area contributed by atoms with Gasteiger partial charge in [-0.25, -0.2) is 4.79 Å². The monoisotopic (exact) mass is 223 g/mol. The van der Waals surface area contributed by atoms with Gasteiger partial charge in [0.1, 0.15) is 0 Å². The summed E-state index contributed by atoms with van der Waals surface area (Å²) < 4.78 is 4.56. The van der Waals surface area contributed by atoms with Gasteiger partial charge in [0.2, 0.25) is 0 Å². The van der Waals surface area contributed by atoms with Gasteiger partial charge in [0, 0.05) is 6.04 Å². The lowest BCUT2D eigenvalue weighted by Gasteiger charge is -2.10. The molecule has 5 heteroatoms. The first-order chi connectivity index (χ1) is 7.54. The number of carbonyl (C=O) groups is 2. The summed E-state index contributed by atoms with van der Waals surface area (Å²) in [5.41, 5.74) is 6.64. The molecule has 0 saturated heterocycles. The fourth-order valence-electron chi connectivity index (χ4n) is 1.32. The molecule has 0 fully saturated rings. The zero-order chi connectivity index (χ0) is 12.1. The second-order valence-electron chi connectivity index (χ2n) is 3.32. The highest BCUT2D eigenvalue weighted by atomic mass is 16.5. The van der Waals surface area contributed by atoms with Crippen molar-refractivity contribution in [1.82, 2.24) is 0 Å². The Hall–Kier alpha value is -1.88. The maximum atomic E-state index is 11.2. The second kappa shape index (κ2) is 5.27. The van der Waals surface area contributed by atoms with Crippen LogP contribution in [0.1, 0.15) is 28.4 Å². The molecule has 16 heavy (non-hydrogen) atoms. The molecule has 0 aromatic heterocycles. The first kappa shape index (κ1) is 12.2.